The van der Waals surface area contributed by atoms with Gasteiger partial charge in [-0.2, -0.15) is 18.2 Å². The molecule has 1 fully saturated rings. The summed E-state index contributed by atoms with van der Waals surface area (Å²) in [5, 5.41) is 0.625. The van der Waals surface area contributed by atoms with E-state index in [0.717, 1.165) is 0 Å². The molecule has 1 aliphatic heterocycles. The van der Waals surface area contributed by atoms with E-state index in [9.17, 15) is 13.2 Å². The van der Waals surface area contributed by atoms with E-state index >= 15 is 0 Å². The number of hydrogen-bond donors (Lipinski definition) is 1. The first-order valence-electron chi connectivity index (χ1n) is 8.47. The Balaban J connectivity index is 1.87. The van der Waals surface area contributed by atoms with Gasteiger partial charge in [0.1, 0.15) is 5.82 Å². The summed E-state index contributed by atoms with van der Waals surface area (Å²) in [5.41, 5.74) is 6.67. The van der Waals surface area contributed by atoms with Crippen LogP contribution < -0.4 is 20.1 Å². The maximum atomic E-state index is 12.7. The Labute approximate surface area is 154 Å². The molecule has 1 atom stereocenters. The summed E-state index contributed by atoms with van der Waals surface area (Å²) in [7, 11) is 3.05. The lowest BCUT2D eigenvalue weighted by molar-refractivity contribution is -0.150. The minimum Gasteiger partial charge on any atom is -0.493 e. The average Bonchev–Trinajstić information content (AvgIpc) is 2.61. The molecule has 2 heterocycles. The molecule has 0 aliphatic carbocycles. The zero-order valence-electron chi connectivity index (χ0n) is 15.4. The second-order valence-electron chi connectivity index (χ2n) is 6.51. The Morgan fingerprint density at radius 2 is 1.81 bits per heavy atom. The molecule has 2 N–H and O–H groups in total. The Morgan fingerprint density at radius 1 is 1.15 bits per heavy atom. The lowest BCUT2D eigenvalue weighted by atomic mass is 10.2. The fourth-order valence-electron chi connectivity index (χ4n) is 3.25. The summed E-state index contributed by atoms with van der Waals surface area (Å²) in [4.78, 5) is 12.1. The number of rotatable bonds is 4. The van der Waals surface area contributed by atoms with E-state index in [-0.39, 0.29) is 18.4 Å². The van der Waals surface area contributed by atoms with Crippen molar-refractivity contribution >= 4 is 22.7 Å². The molecular formula is C17H22F3N5O2. The van der Waals surface area contributed by atoms with Crippen molar-refractivity contribution in [2.45, 2.75) is 19.1 Å². The van der Waals surface area contributed by atoms with Crippen LogP contribution in [0.3, 0.4) is 0 Å². The molecular weight excluding hydrogens is 363 g/mol. The molecule has 1 unspecified atom stereocenters. The largest absolute Gasteiger partial charge is 0.493 e. The van der Waals surface area contributed by atoms with Gasteiger partial charge in [0.15, 0.2) is 11.5 Å². The van der Waals surface area contributed by atoms with Crippen molar-refractivity contribution in [1.29, 1.82) is 0 Å². The van der Waals surface area contributed by atoms with Crippen molar-refractivity contribution < 1.29 is 22.6 Å². The van der Waals surface area contributed by atoms with Crippen molar-refractivity contribution in [1.82, 2.24) is 14.9 Å². The first-order valence-corrected chi connectivity index (χ1v) is 8.47. The molecule has 1 aliphatic rings. The summed E-state index contributed by atoms with van der Waals surface area (Å²) in [6.07, 6.45) is -4.21. The quantitative estimate of drug-likeness (QED) is 0.865. The first kappa shape index (κ1) is 19.3. The van der Waals surface area contributed by atoms with E-state index in [2.05, 4.69) is 9.97 Å². The summed E-state index contributed by atoms with van der Waals surface area (Å²) < 4.78 is 48.6. The fraction of sp³-hybridized carbons (Fsp3) is 0.529. The SMILES string of the molecule is COc1cc2nc(N3CCN(CC(F)(F)F)C(C)C3)nc(N)c2cc1OC. The van der Waals surface area contributed by atoms with Crippen LogP contribution in [0.2, 0.25) is 0 Å². The Bertz CT molecular complexity index is 830. The van der Waals surface area contributed by atoms with Gasteiger partial charge in [-0.15, -0.1) is 0 Å². The monoisotopic (exact) mass is 385 g/mol. The van der Waals surface area contributed by atoms with E-state index in [4.69, 9.17) is 15.2 Å². The summed E-state index contributed by atoms with van der Waals surface area (Å²) >= 11 is 0. The van der Waals surface area contributed by atoms with Crippen LogP contribution in [0.1, 0.15) is 6.92 Å². The number of benzene rings is 1. The topological polar surface area (TPSA) is 76.7 Å². The second-order valence-corrected chi connectivity index (χ2v) is 6.51. The number of ether oxygens (including phenoxy) is 2. The Morgan fingerprint density at radius 3 is 2.41 bits per heavy atom. The Hall–Kier alpha value is -2.49. The van der Waals surface area contributed by atoms with Crippen LogP contribution in [0.25, 0.3) is 10.9 Å². The lowest BCUT2D eigenvalue weighted by Crippen LogP contribution is -2.54. The summed E-state index contributed by atoms with van der Waals surface area (Å²) in [5.74, 6) is 1.70. The smallest absolute Gasteiger partial charge is 0.401 e. The lowest BCUT2D eigenvalue weighted by Gasteiger charge is -2.40. The number of anilines is 2. The highest BCUT2D eigenvalue weighted by molar-refractivity contribution is 5.91. The summed E-state index contributed by atoms with van der Waals surface area (Å²) in [6, 6.07) is 3.13. The van der Waals surface area contributed by atoms with Gasteiger partial charge in [-0.25, -0.2) is 4.98 Å². The van der Waals surface area contributed by atoms with Crippen molar-refractivity contribution in [3.05, 3.63) is 12.1 Å². The maximum Gasteiger partial charge on any atom is 0.401 e. The molecule has 0 radical (unpaired) electrons. The van der Waals surface area contributed by atoms with E-state index in [0.29, 0.717) is 41.4 Å². The predicted molar refractivity (Wildman–Crippen MR) is 96.4 cm³/mol. The third-order valence-corrected chi connectivity index (χ3v) is 4.65. The number of nitrogens with two attached hydrogens (primary N) is 1. The predicted octanol–water partition coefficient (Wildman–Crippen LogP) is 2.30. The molecule has 0 amide bonds. The van der Waals surface area contributed by atoms with Crippen molar-refractivity contribution in [2.75, 3.05) is 51.0 Å². The number of aromatic nitrogens is 2. The molecule has 148 valence electrons. The van der Waals surface area contributed by atoms with E-state index in [1.807, 2.05) is 4.90 Å². The van der Waals surface area contributed by atoms with Crippen LogP contribution in [0.4, 0.5) is 24.9 Å². The Kier molecular flexibility index (Phi) is 5.18. The third kappa shape index (κ3) is 4.10. The van der Waals surface area contributed by atoms with Gasteiger partial charge in [0.2, 0.25) is 5.95 Å². The number of nitrogen functional groups attached to an aromatic ring is 1. The van der Waals surface area contributed by atoms with Gasteiger partial charge in [-0.1, -0.05) is 0 Å². The molecule has 0 bridgehead atoms. The van der Waals surface area contributed by atoms with E-state index < -0.39 is 12.7 Å². The third-order valence-electron chi connectivity index (χ3n) is 4.65. The minimum atomic E-state index is -4.21. The maximum absolute atomic E-state index is 12.7. The standard InChI is InChI=1S/C17H22F3N5O2/c1-10-8-24(4-5-25(10)9-17(18,19)20)16-22-12-7-14(27-3)13(26-2)6-11(12)15(21)23-16/h6-7,10H,4-5,8-9H2,1-3H3,(H2,21,22,23). The van der Waals surface area contributed by atoms with Gasteiger partial charge in [-0.05, 0) is 13.0 Å². The van der Waals surface area contributed by atoms with Gasteiger partial charge in [0, 0.05) is 37.1 Å². The van der Waals surface area contributed by atoms with Crippen molar-refractivity contribution in [2.24, 2.45) is 0 Å². The molecule has 0 spiro atoms. The molecule has 10 heteroatoms. The molecule has 3 rings (SSSR count). The average molecular weight is 385 g/mol. The van der Waals surface area contributed by atoms with Gasteiger partial charge < -0.3 is 20.1 Å². The van der Waals surface area contributed by atoms with Crippen LogP contribution in [0.5, 0.6) is 11.5 Å². The van der Waals surface area contributed by atoms with Crippen molar-refractivity contribution in [3.8, 4) is 11.5 Å². The number of methoxy groups -OCH3 is 2. The molecule has 2 aromatic rings. The molecule has 1 aromatic heterocycles. The number of piperazine rings is 1. The summed E-state index contributed by atoms with van der Waals surface area (Å²) in [6.45, 7) is 1.89. The van der Waals surface area contributed by atoms with Crippen LogP contribution in [-0.2, 0) is 0 Å². The normalized spacial score (nSPS) is 18.7. The van der Waals surface area contributed by atoms with Crippen LogP contribution in [0, 0.1) is 0 Å². The minimum absolute atomic E-state index is 0.272. The number of hydrogen-bond acceptors (Lipinski definition) is 7. The van der Waals surface area contributed by atoms with Crippen molar-refractivity contribution in [3.63, 3.8) is 0 Å². The van der Waals surface area contributed by atoms with Gasteiger partial charge in [0.25, 0.3) is 0 Å². The number of fused-ring (bicyclic) bond motifs is 1. The highest BCUT2D eigenvalue weighted by Crippen LogP contribution is 2.34. The fourth-order valence-corrected chi connectivity index (χ4v) is 3.25. The molecule has 27 heavy (non-hydrogen) atoms. The zero-order valence-corrected chi connectivity index (χ0v) is 15.4. The van der Waals surface area contributed by atoms with Gasteiger partial charge in [0.05, 0.1) is 26.3 Å². The molecule has 7 nitrogen and oxygen atoms in total. The molecule has 1 aromatic carbocycles. The highest BCUT2D eigenvalue weighted by Gasteiger charge is 2.35. The number of alkyl halides is 3. The highest BCUT2D eigenvalue weighted by atomic mass is 19.4. The van der Waals surface area contributed by atoms with E-state index in [1.54, 1.807) is 19.1 Å². The van der Waals surface area contributed by atoms with Gasteiger partial charge in [-0.3, -0.25) is 4.90 Å². The number of halogens is 3. The van der Waals surface area contributed by atoms with Crippen LogP contribution >= 0.6 is 0 Å². The van der Waals surface area contributed by atoms with E-state index in [1.165, 1.54) is 19.1 Å². The van der Waals surface area contributed by atoms with Crippen LogP contribution in [0.15, 0.2) is 12.1 Å². The molecule has 1 saturated heterocycles. The molecule has 0 saturated carbocycles. The second kappa shape index (κ2) is 7.26. The zero-order chi connectivity index (χ0) is 19.8. The number of nitrogens with zero attached hydrogens (tertiary/aromatic N) is 4. The first-order chi connectivity index (χ1) is 12.7. The van der Waals surface area contributed by atoms with Gasteiger partial charge >= 0.3 is 6.18 Å². The van der Waals surface area contributed by atoms with Crippen LogP contribution in [-0.4, -0.2) is 67.5 Å².